The van der Waals surface area contributed by atoms with E-state index >= 15 is 0 Å². The van der Waals surface area contributed by atoms with E-state index in [1.807, 2.05) is 19.9 Å². The number of hydrogen-bond donors (Lipinski definition) is 1. The predicted octanol–water partition coefficient (Wildman–Crippen LogP) is 3.20. The summed E-state index contributed by atoms with van der Waals surface area (Å²) in [5, 5.41) is 1.05. The second-order valence-corrected chi connectivity index (χ2v) is 4.50. The average Bonchev–Trinajstić information content (AvgIpc) is 2.19. The highest BCUT2D eigenvalue weighted by Gasteiger charge is 2.21. The van der Waals surface area contributed by atoms with Gasteiger partial charge in [-0.2, -0.15) is 0 Å². The van der Waals surface area contributed by atoms with Crippen LogP contribution in [0.25, 0.3) is 0 Å². The summed E-state index contributed by atoms with van der Waals surface area (Å²) in [6.07, 6.45) is 0. The molecule has 1 rings (SSSR count). The molecule has 84 valence electrons. The molecule has 0 saturated carbocycles. The van der Waals surface area contributed by atoms with Crippen LogP contribution in [0, 0.1) is 0 Å². The van der Waals surface area contributed by atoms with Crippen molar-refractivity contribution in [3.8, 4) is 0 Å². The summed E-state index contributed by atoms with van der Waals surface area (Å²) >= 11 is 11.8. The van der Waals surface area contributed by atoms with Gasteiger partial charge < -0.3 is 10.5 Å². The van der Waals surface area contributed by atoms with E-state index in [0.29, 0.717) is 23.3 Å². The minimum Gasteiger partial charge on any atom is -0.379 e. The lowest BCUT2D eigenvalue weighted by atomic mass is 9.94. The number of rotatable bonds is 4. The lowest BCUT2D eigenvalue weighted by Gasteiger charge is -2.25. The van der Waals surface area contributed by atoms with Gasteiger partial charge >= 0.3 is 0 Å². The quantitative estimate of drug-likeness (QED) is 0.887. The fourth-order valence-corrected chi connectivity index (χ4v) is 1.55. The van der Waals surface area contributed by atoms with E-state index in [1.165, 1.54) is 0 Å². The molecule has 0 aliphatic carbocycles. The second-order valence-electron chi connectivity index (χ2n) is 3.68. The third-order valence-electron chi connectivity index (χ3n) is 2.19. The van der Waals surface area contributed by atoms with Gasteiger partial charge in [0.25, 0.3) is 0 Å². The first-order valence-corrected chi connectivity index (χ1v) is 5.55. The lowest BCUT2D eigenvalue weighted by Crippen LogP contribution is -2.38. The van der Waals surface area contributed by atoms with Gasteiger partial charge in [-0.15, -0.1) is 0 Å². The highest BCUT2D eigenvalue weighted by atomic mass is 35.5. The van der Waals surface area contributed by atoms with Gasteiger partial charge in [0.05, 0.1) is 22.2 Å². The van der Waals surface area contributed by atoms with Crippen LogP contribution in [-0.2, 0) is 10.3 Å². The summed E-state index contributed by atoms with van der Waals surface area (Å²) in [7, 11) is 0. The first-order chi connectivity index (χ1) is 6.97. The smallest absolute Gasteiger partial charge is 0.0685 e. The number of ether oxygens (including phenoxy) is 1. The third kappa shape index (κ3) is 3.35. The zero-order chi connectivity index (χ0) is 11.5. The van der Waals surface area contributed by atoms with Crippen LogP contribution in [0.15, 0.2) is 18.2 Å². The summed E-state index contributed by atoms with van der Waals surface area (Å²) in [6, 6.07) is 5.40. The molecule has 0 amide bonds. The van der Waals surface area contributed by atoms with E-state index < -0.39 is 5.54 Å². The zero-order valence-electron chi connectivity index (χ0n) is 8.89. The summed E-state index contributed by atoms with van der Waals surface area (Å²) in [6.45, 7) is 4.95. The van der Waals surface area contributed by atoms with Crippen LogP contribution >= 0.6 is 23.2 Å². The summed E-state index contributed by atoms with van der Waals surface area (Å²) in [4.78, 5) is 0. The molecule has 1 aromatic carbocycles. The second kappa shape index (κ2) is 5.17. The Bertz CT molecular complexity index is 339. The molecule has 4 heteroatoms. The monoisotopic (exact) mass is 247 g/mol. The first-order valence-electron chi connectivity index (χ1n) is 4.79. The third-order valence-corrected chi connectivity index (χ3v) is 2.92. The molecule has 1 atom stereocenters. The van der Waals surface area contributed by atoms with Gasteiger partial charge in [0.15, 0.2) is 0 Å². The van der Waals surface area contributed by atoms with Gasteiger partial charge in [0, 0.05) is 6.61 Å². The van der Waals surface area contributed by atoms with Gasteiger partial charge in [0.1, 0.15) is 0 Å². The van der Waals surface area contributed by atoms with Gasteiger partial charge in [-0.3, -0.25) is 0 Å². The predicted molar refractivity (Wildman–Crippen MR) is 64.5 cm³/mol. The van der Waals surface area contributed by atoms with Gasteiger partial charge in [-0.1, -0.05) is 29.3 Å². The van der Waals surface area contributed by atoms with Crippen LogP contribution in [0.1, 0.15) is 19.4 Å². The van der Waals surface area contributed by atoms with E-state index in [2.05, 4.69) is 0 Å². The number of nitrogens with two attached hydrogens (primary N) is 1. The van der Waals surface area contributed by atoms with Crippen LogP contribution in [0.2, 0.25) is 10.0 Å². The minimum atomic E-state index is -0.537. The van der Waals surface area contributed by atoms with Crippen molar-refractivity contribution >= 4 is 23.2 Å². The van der Waals surface area contributed by atoms with E-state index in [0.717, 1.165) is 5.56 Å². The van der Waals surface area contributed by atoms with Crippen LogP contribution in [-0.4, -0.2) is 13.2 Å². The van der Waals surface area contributed by atoms with Crippen molar-refractivity contribution in [2.24, 2.45) is 5.73 Å². The van der Waals surface area contributed by atoms with E-state index in [4.69, 9.17) is 33.7 Å². The number of benzene rings is 1. The fraction of sp³-hybridized carbons (Fsp3) is 0.455. The Kier molecular flexibility index (Phi) is 4.41. The average molecular weight is 248 g/mol. The van der Waals surface area contributed by atoms with Crippen molar-refractivity contribution in [2.75, 3.05) is 13.2 Å². The van der Waals surface area contributed by atoms with E-state index in [1.54, 1.807) is 12.1 Å². The molecule has 0 radical (unpaired) electrons. The molecule has 0 fully saturated rings. The Balaban J connectivity index is 2.89. The van der Waals surface area contributed by atoms with Crippen molar-refractivity contribution in [1.82, 2.24) is 0 Å². The van der Waals surface area contributed by atoms with Crippen molar-refractivity contribution in [1.29, 1.82) is 0 Å². The standard InChI is InChI=1S/C11H15Cl2NO/c1-3-15-7-11(2,14)8-4-5-9(12)10(13)6-8/h4-6H,3,7,14H2,1-2H3. The maximum Gasteiger partial charge on any atom is 0.0685 e. The molecule has 0 bridgehead atoms. The lowest BCUT2D eigenvalue weighted by molar-refractivity contribution is 0.101. The molecule has 1 aromatic rings. The Hall–Kier alpha value is -0.280. The normalized spacial score (nSPS) is 15.0. The van der Waals surface area contributed by atoms with Crippen molar-refractivity contribution in [3.05, 3.63) is 33.8 Å². The molecule has 0 aliphatic heterocycles. The van der Waals surface area contributed by atoms with E-state index in [-0.39, 0.29) is 0 Å². The van der Waals surface area contributed by atoms with Crippen LogP contribution in [0.3, 0.4) is 0 Å². The summed E-state index contributed by atoms with van der Waals surface area (Å²) < 4.78 is 5.32. The topological polar surface area (TPSA) is 35.2 Å². The molecule has 0 saturated heterocycles. The van der Waals surface area contributed by atoms with Gasteiger partial charge in [-0.05, 0) is 31.5 Å². The Morgan fingerprint density at radius 1 is 1.33 bits per heavy atom. The molecule has 2 nitrogen and oxygen atoms in total. The van der Waals surface area contributed by atoms with Crippen LogP contribution < -0.4 is 5.73 Å². The van der Waals surface area contributed by atoms with Gasteiger partial charge in [-0.25, -0.2) is 0 Å². The van der Waals surface area contributed by atoms with Crippen molar-refractivity contribution in [3.63, 3.8) is 0 Å². The molecular formula is C11H15Cl2NO. The molecule has 0 aliphatic rings. The Morgan fingerprint density at radius 3 is 2.53 bits per heavy atom. The highest BCUT2D eigenvalue weighted by Crippen LogP contribution is 2.27. The summed E-state index contributed by atoms with van der Waals surface area (Å²) in [5.74, 6) is 0. The molecule has 15 heavy (non-hydrogen) atoms. The number of hydrogen-bond acceptors (Lipinski definition) is 2. The Labute approximate surface area is 100 Å². The molecule has 1 unspecified atom stereocenters. The molecular weight excluding hydrogens is 233 g/mol. The summed E-state index contributed by atoms with van der Waals surface area (Å²) in [5.41, 5.74) is 6.50. The van der Waals surface area contributed by atoms with E-state index in [9.17, 15) is 0 Å². The molecule has 2 N–H and O–H groups in total. The first kappa shape index (κ1) is 12.8. The molecule has 0 spiro atoms. The fourth-order valence-electron chi connectivity index (χ4n) is 1.25. The highest BCUT2D eigenvalue weighted by molar-refractivity contribution is 6.42. The molecule has 0 aromatic heterocycles. The number of halogens is 2. The minimum absolute atomic E-state index is 0.460. The van der Waals surface area contributed by atoms with Gasteiger partial charge in [0.2, 0.25) is 0 Å². The maximum absolute atomic E-state index is 6.12. The largest absolute Gasteiger partial charge is 0.379 e. The maximum atomic E-state index is 6.12. The van der Waals surface area contributed by atoms with Crippen LogP contribution in [0.4, 0.5) is 0 Å². The van der Waals surface area contributed by atoms with Crippen molar-refractivity contribution in [2.45, 2.75) is 19.4 Å². The van der Waals surface area contributed by atoms with Crippen molar-refractivity contribution < 1.29 is 4.74 Å². The Morgan fingerprint density at radius 2 is 2.00 bits per heavy atom. The zero-order valence-corrected chi connectivity index (χ0v) is 10.4. The van der Waals surface area contributed by atoms with Crippen LogP contribution in [0.5, 0.6) is 0 Å². The SMILES string of the molecule is CCOCC(C)(N)c1ccc(Cl)c(Cl)c1. The molecule has 0 heterocycles.